The maximum atomic E-state index is 12.1. The van der Waals surface area contributed by atoms with Crippen molar-refractivity contribution in [3.63, 3.8) is 0 Å². The van der Waals surface area contributed by atoms with Crippen molar-refractivity contribution < 1.29 is 14.3 Å². The summed E-state index contributed by atoms with van der Waals surface area (Å²) < 4.78 is 10.5. The molecule has 120 valence electrons. The van der Waals surface area contributed by atoms with Crippen molar-refractivity contribution in [3.8, 4) is 11.5 Å². The van der Waals surface area contributed by atoms with Crippen molar-refractivity contribution in [2.24, 2.45) is 0 Å². The summed E-state index contributed by atoms with van der Waals surface area (Å²) >= 11 is 0. The predicted octanol–water partition coefficient (Wildman–Crippen LogP) is 1.92. The first-order valence-corrected chi connectivity index (χ1v) is 7.47. The fraction of sp³-hybridized carbons (Fsp3) is 0.294. The Hall–Kier alpha value is -2.60. The first kappa shape index (κ1) is 15.3. The monoisotopic (exact) mass is 313 g/mol. The van der Waals surface area contributed by atoms with E-state index < -0.39 is 0 Å². The van der Waals surface area contributed by atoms with Gasteiger partial charge >= 0.3 is 0 Å². The highest BCUT2D eigenvalue weighted by atomic mass is 16.7. The molecule has 3 rings (SSSR count). The average molecular weight is 313 g/mol. The number of carbonyl (C=O) groups is 1. The first-order chi connectivity index (χ1) is 11.2. The van der Waals surface area contributed by atoms with E-state index in [1.54, 1.807) is 24.5 Å². The molecule has 0 spiro atoms. The number of nitrogens with zero attached hydrogens (tertiary/aromatic N) is 2. The lowest BCUT2D eigenvalue weighted by Crippen LogP contribution is -2.31. The minimum Gasteiger partial charge on any atom is -0.454 e. The molecule has 23 heavy (non-hydrogen) atoms. The van der Waals surface area contributed by atoms with Crippen molar-refractivity contribution in [3.05, 3.63) is 48.3 Å². The second kappa shape index (κ2) is 7.11. The predicted molar refractivity (Wildman–Crippen MR) is 86.6 cm³/mol. The number of nitrogens with one attached hydrogen (secondary N) is 1. The highest BCUT2D eigenvalue weighted by Gasteiger charge is 2.14. The molecule has 2 aromatic rings. The molecule has 0 radical (unpaired) electrons. The van der Waals surface area contributed by atoms with E-state index in [1.807, 2.05) is 30.1 Å². The van der Waals surface area contributed by atoms with Gasteiger partial charge in [0.25, 0.3) is 0 Å². The Kier molecular flexibility index (Phi) is 4.73. The van der Waals surface area contributed by atoms with Gasteiger partial charge < -0.3 is 14.8 Å². The van der Waals surface area contributed by atoms with Crippen molar-refractivity contribution in [1.29, 1.82) is 0 Å². The van der Waals surface area contributed by atoms with Crippen LogP contribution >= 0.6 is 0 Å². The number of fused-ring (bicyclic) bond motifs is 1. The molecule has 6 nitrogen and oxygen atoms in total. The number of hydrogen-bond donors (Lipinski definition) is 1. The number of carbonyl (C=O) groups excluding carboxylic acids is 1. The normalized spacial score (nSPS) is 12.4. The lowest BCUT2D eigenvalue weighted by molar-refractivity contribution is -0.117. The summed E-state index contributed by atoms with van der Waals surface area (Å²) in [6.07, 6.45) is 4.44. The van der Waals surface area contributed by atoms with Crippen LogP contribution in [0.1, 0.15) is 5.56 Å². The van der Waals surface area contributed by atoms with Crippen LogP contribution in [0.5, 0.6) is 11.5 Å². The number of anilines is 1. The summed E-state index contributed by atoms with van der Waals surface area (Å²) in [5.74, 6) is 1.31. The fourth-order valence-corrected chi connectivity index (χ4v) is 2.37. The van der Waals surface area contributed by atoms with Crippen molar-refractivity contribution in [2.75, 3.05) is 32.2 Å². The molecule has 1 N–H and O–H groups in total. The molecule has 0 unspecified atom stereocenters. The first-order valence-electron chi connectivity index (χ1n) is 7.47. The van der Waals surface area contributed by atoms with E-state index in [0.29, 0.717) is 23.7 Å². The minimum atomic E-state index is -0.0545. The van der Waals surface area contributed by atoms with Crippen molar-refractivity contribution in [1.82, 2.24) is 9.88 Å². The van der Waals surface area contributed by atoms with E-state index in [9.17, 15) is 4.79 Å². The highest BCUT2D eigenvalue weighted by molar-refractivity contribution is 5.92. The summed E-state index contributed by atoms with van der Waals surface area (Å²) in [6, 6.07) is 9.35. The van der Waals surface area contributed by atoms with Gasteiger partial charge in [-0.1, -0.05) is 0 Å². The van der Waals surface area contributed by atoms with Gasteiger partial charge in [0.1, 0.15) is 0 Å². The number of aromatic nitrogens is 1. The molecule has 1 aliphatic rings. The van der Waals surface area contributed by atoms with Gasteiger partial charge in [0.15, 0.2) is 11.5 Å². The van der Waals surface area contributed by atoms with Gasteiger partial charge in [-0.15, -0.1) is 0 Å². The van der Waals surface area contributed by atoms with E-state index in [2.05, 4.69) is 10.3 Å². The van der Waals surface area contributed by atoms with E-state index in [0.717, 1.165) is 13.0 Å². The van der Waals surface area contributed by atoms with Crippen LogP contribution < -0.4 is 14.8 Å². The zero-order chi connectivity index (χ0) is 16.1. The van der Waals surface area contributed by atoms with Crippen LogP contribution in [0.15, 0.2) is 42.7 Å². The number of benzene rings is 1. The maximum Gasteiger partial charge on any atom is 0.238 e. The largest absolute Gasteiger partial charge is 0.454 e. The standard InChI is InChI=1S/C17H19N3O3/c1-20(9-6-13-4-7-18-8-5-13)11-17(21)19-14-2-3-15-16(10-14)23-12-22-15/h2-5,7-8,10H,6,9,11-12H2,1H3,(H,19,21). The van der Waals surface area contributed by atoms with Crippen LogP contribution in [0, 0.1) is 0 Å². The zero-order valence-electron chi connectivity index (χ0n) is 13.0. The van der Waals surface area contributed by atoms with Gasteiger partial charge in [-0.25, -0.2) is 0 Å². The smallest absolute Gasteiger partial charge is 0.238 e. The van der Waals surface area contributed by atoms with E-state index >= 15 is 0 Å². The number of hydrogen-bond acceptors (Lipinski definition) is 5. The lowest BCUT2D eigenvalue weighted by atomic mass is 10.2. The number of ether oxygens (including phenoxy) is 2. The van der Waals surface area contributed by atoms with Crippen molar-refractivity contribution >= 4 is 11.6 Å². The maximum absolute atomic E-state index is 12.1. The van der Waals surface area contributed by atoms with Gasteiger partial charge in [0.05, 0.1) is 6.54 Å². The Morgan fingerprint density at radius 3 is 2.83 bits per heavy atom. The molecule has 6 heteroatoms. The fourth-order valence-electron chi connectivity index (χ4n) is 2.37. The Morgan fingerprint density at radius 1 is 1.22 bits per heavy atom. The van der Waals surface area contributed by atoms with Crippen LogP contribution in [0.2, 0.25) is 0 Å². The van der Waals surface area contributed by atoms with Crippen LogP contribution in [0.25, 0.3) is 0 Å². The van der Waals surface area contributed by atoms with Crippen LogP contribution in [-0.4, -0.2) is 42.7 Å². The van der Waals surface area contributed by atoms with E-state index in [4.69, 9.17) is 9.47 Å². The molecule has 0 bridgehead atoms. The van der Waals surface area contributed by atoms with Crippen molar-refractivity contribution in [2.45, 2.75) is 6.42 Å². The molecule has 0 fully saturated rings. The van der Waals surface area contributed by atoms with Crippen LogP contribution in [-0.2, 0) is 11.2 Å². The number of amides is 1. The topological polar surface area (TPSA) is 63.7 Å². The van der Waals surface area contributed by atoms with Gasteiger partial charge in [-0.3, -0.25) is 14.7 Å². The van der Waals surface area contributed by atoms with Gasteiger partial charge in [-0.2, -0.15) is 0 Å². The Labute approximate surface area is 135 Å². The second-order valence-electron chi connectivity index (χ2n) is 5.46. The zero-order valence-corrected chi connectivity index (χ0v) is 13.0. The Balaban J connectivity index is 1.47. The number of pyridine rings is 1. The third-order valence-corrected chi connectivity index (χ3v) is 3.60. The summed E-state index contributed by atoms with van der Waals surface area (Å²) in [5.41, 5.74) is 1.92. The molecule has 0 atom stereocenters. The van der Waals surface area contributed by atoms with Crippen LogP contribution in [0.4, 0.5) is 5.69 Å². The third kappa shape index (κ3) is 4.20. The molecule has 1 aliphatic heterocycles. The third-order valence-electron chi connectivity index (χ3n) is 3.60. The summed E-state index contributed by atoms with van der Waals surface area (Å²) in [7, 11) is 1.93. The molecular formula is C17H19N3O3. The Bertz CT molecular complexity index is 676. The molecule has 0 saturated heterocycles. The minimum absolute atomic E-state index is 0.0545. The summed E-state index contributed by atoms with van der Waals surface area (Å²) in [4.78, 5) is 18.1. The van der Waals surface area contributed by atoms with Gasteiger partial charge in [-0.05, 0) is 43.3 Å². The molecule has 1 amide bonds. The summed E-state index contributed by atoms with van der Waals surface area (Å²) in [6.45, 7) is 1.36. The van der Waals surface area contributed by atoms with Gasteiger partial charge in [0, 0.05) is 30.7 Å². The van der Waals surface area contributed by atoms with Gasteiger partial charge in [0.2, 0.25) is 12.7 Å². The highest BCUT2D eigenvalue weighted by Crippen LogP contribution is 2.34. The molecular weight excluding hydrogens is 294 g/mol. The number of rotatable bonds is 6. The molecule has 0 saturated carbocycles. The van der Waals surface area contributed by atoms with E-state index in [-0.39, 0.29) is 12.7 Å². The molecule has 1 aromatic heterocycles. The number of likely N-dealkylation sites (N-methyl/N-ethyl adjacent to an activating group) is 1. The second-order valence-corrected chi connectivity index (χ2v) is 5.46. The molecule has 1 aromatic carbocycles. The SMILES string of the molecule is CN(CCc1ccncc1)CC(=O)Nc1ccc2c(c1)OCO2. The average Bonchev–Trinajstić information content (AvgIpc) is 3.01. The van der Waals surface area contributed by atoms with E-state index in [1.165, 1.54) is 5.56 Å². The molecule has 0 aliphatic carbocycles. The summed E-state index contributed by atoms with van der Waals surface area (Å²) in [5, 5.41) is 2.87. The lowest BCUT2D eigenvalue weighted by Gasteiger charge is -2.16. The van der Waals surface area contributed by atoms with Crippen LogP contribution in [0.3, 0.4) is 0 Å². The Morgan fingerprint density at radius 2 is 2.00 bits per heavy atom. The molecule has 2 heterocycles. The quantitative estimate of drug-likeness (QED) is 0.883.